The minimum Gasteiger partial charge on any atom is -0.387 e. The maximum atomic E-state index is 12.8. The van der Waals surface area contributed by atoms with Crippen molar-refractivity contribution < 1.29 is 32.9 Å². The molecule has 308 valence electrons. The van der Waals surface area contributed by atoms with Gasteiger partial charge in [-0.1, -0.05) is 152 Å². The van der Waals surface area contributed by atoms with Gasteiger partial charge in [0.05, 0.1) is 39.9 Å². The molecule has 1 amide bonds. The summed E-state index contributed by atoms with van der Waals surface area (Å²) >= 11 is 0. The van der Waals surface area contributed by atoms with Gasteiger partial charge in [-0.15, -0.1) is 0 Å². The number of hydrogen-bond donors (Lipinski definition) is 3. The summed E-state index contributed by atoms with van der Waals surface area (Å²) in [7, 11) is 1.54. The Morgan fingerprint density at radius 3 is 1.64 bits per heavy atom. The van der Waals surface area contributed by atoms with Crippen molar-refractivity contribution in [1.82, 2.24) is 5.32 Å². The van der Waals surface area contributed by atoms with Gasteiger partial charge in [-0.2, -0.15) is 0 Å². The highest BCUT2D eigenvalue weighted by atomic mass is 31.2. The second-order valence-electron chi connectivity index (χ2n) is 15.3. The summed E-state index contributed by atoms with van der Waals surface area (Å²) in [6.07, 6.45) is 45.9. The van der Waals surface area contributed by atoms with Crippen LogP contribution in [0.5, 0.6) is 0 Å². The van der Waals surface area contributed by atoms with Crippen LogP contribution in [0.25, 0.3) is 0 Å². The van der Waals surface area contributed by atoms with Crippen molar-refractivity contribution in [2.24, 2.45) is 0 Å². The molecule has 0 aromatic carbocycles. The first kappa shape index (κ1) is 51.2. The van der Waals surface area contributed by atoms with E-state index in [1.54, 1.807) is 6.08 Å². The number of phosphoric ester groups is 1. The molecule has 0 bridgehead atoms. The number of amides is 1. The van der Waals surface area contributed by atoms with E-state index in [4.69, 9.17) is 9.05 Å². The van der Waals surface area contributed by atoms with Crippen LogP contribution >= 0.6 is 7.82 Å². The van der Waals surface area contributed by atoms with E-state index in [1.165, 1.54) is 77.0 Å². The summed E-state index contributed by atoms with van der Waals surface area (Å²) in [6.45, 7) is 4.54. The Balaban J connectivity index is 4.32. The summed E-state index contributed by atoms with van der Waals surface area (Å²) < 4.78 is 23.4. The van der Waals surface area contributed by atoms with E-state index in [-0.39, 0.29) is 19.1 Å². The number of allylic oxidation sites excluding steroid dienone is 9. The van der Waals surface area contributed by atoms with Gasteiger partial charge in [0.25, 0.3) is 0 Å². The lowest BCUT2D eigenvalue weighted by atomic mass is 10.0. The predicted octanol–water partition coefficient (Wildman–Crippen LogP) is 11.5. The fraction of sp³-hybridized carbons (Fsp3) is 0.750. The quantitative estimate of drug-likeness (QED) is 0.0252. The molecule has 0 aliphatic heterocycles. The zero-order valence-corrected chi connectivity index (χ0v) is 35.6. The molecular weight excluding hydrogens is 683 g/mol. The van der Waals surface area contributed by atoms with Crippen LogP contribution in [0.4, 0.5) is 0 Å². The van der Waals surface area contributed by atoms with E-state index < -0.39 is 20.0 Å². The van der Waals surface area contributed by atoms with Gasteiger partial charge in [0.1, 0.15) is 13.2 Å². The van der Waals surface area contributed by atoms with Crippen molar-refractivity contribution in [3.63, 3.8) is 0 Å². The van der Waals surface area contributed by atoms with Gasteiger partial charge in [-0.3, -0.25) is 13.8 Å². The zero-order chi connectivity index (χ0) is 39.3. The van der Waals surface area contributed by atoms with Crippen molar-refractivity contribution in [3.05, 3.63) is 60.8 Å². The van der Waals surface area contributed by atoms with E-state index in [2.05, 4.69) is 67.8 Å². The van der Waals surface area contributed by atoms with Crippen LogP contribution in [-0.2, 0) is 18.4 Å². The van der Waals surface area contributed by atoms with Crippen LogP contribution in [0, 0.1) is 0 Å². The standard InChI is InChI=1S/C44H81N2O6P/c1-6-8-10-12-14-16-18-19-20-21-22-23-24-25-26-27-28-30-32-34-36-38-44(48)45-42(41-52-53(49,50)51-40-39-46(3,4)5)43(47)37-35-33-31-29-17-15-13-11-9-7-2/h8-11,14,16-17,29,35,37,42-43,47H,6-7,12-13,15,18-28,30-34,36,38-41H2,1-5H3,(H-,45,48,49,50)/p+1/b10-8-,11-9+,16-14-,29-17+,37-35+. The van der Waals surface area contributed by atoms with Crippen molar-refractivity contribution in [2.75, 3.05) is 40.9 Å². The highest BCUT2D eigenvalue weighted by molar-refractivity contribution is 7.47. The first-order chi connectivity index (χ1) is 25.5. The van der Waals surface area contributed by atoms with E-state index in [9.17, 15) is 19.4 Å². The highest BCUT2D eigenvalue weighted by Gasteiger charge is 2.27. The number of rotatable bonds is 37. The molecule has 8 nitrogen and oxygen atoms in total. The molecule has 53 heavy (non-hydrogen) atoms. The number of carbonyl (C=O) groups is 1. The second kappa shape index (κ2) is 35.9. The first-order valence-electron chi connectivity index (χ1n) is 21.2. The molecule has 0 saturated carbocycles. The molecule has 0 saturated heterocycles. The third-order valence-corrected chi connectivity index (χ3v) is 9.94. The molecule has 3 unspecified atom stereocenters. The molecule has 0 aromatic heterocycles. The number of nitrogens with zero attached hydrogens (tertiary/aromatic N) is 1. The van der Waals surface area contributed by atoms with Gasteiger partial charge in [-0.05, 0) is 64.2 Å². The average Bonchev–Trinajstić information content (AvgIpc) is 3.10. The number of nitrogens with one attached hydrogen (secondary N) is 1. The summed E-state index contributed by atoms with van der Waals surface area (Å²) in [5.41, 5.74) is 0. The largest absolute Gasteiger partial charge is 0.472 e. The molecule has 0 spiro atoms. The number of aliphatic hydroxyl groups excluding tert-OH is 1. The van der Waals surface area contributed by atoms with Gasteiger partial charge in [0.2, 0.25) is 5.91 Å². The average molecular weight is 766 g/mol. The summed E-state index contributed by atoms with van der Waals surface area (Å²) in [5.74, 6) is -0.197. The molecule has 3 atom stereocenters. The molecule has 0 aliphatic carbocycles. The van der Waals surface area contributed by atoms with Crippen LogP contribution in [-0.4, -0.2) is 73.4 Å². The molecule has 0 heterocycles. The molecule has 0 aliphatic rings. The molecule has 0 aromatic rings. The van der Waals surface area contributed by atoms with Crippen molar-refractivity contribution in [3.8, 4) is 0 Å². The molecule has 3 N–H and O–H groups in total. The Labute approximate surface area is 326 Å². The fourth-order valence-electron chi connectivity index (χ4n) is 5.65. The van der Waals surface area contributed by atoms with Crippen LogP contribution < -0.4 is 5.32 Å². The van der Waals surface area contributed by atoms with Gasteiger partial charge in [0.15, 0.2) is 0 Å². The highest BCUT2D eigenvalue weighted by Crippen LogP contribution is 2.43. The number of phosphoric acid groups is 1. The third kappa shape index (κ3) is 38.3. The van der Waals surface area contributed by atoms with E-state index in [1.807, 2.05) is 27.2 Å². The second-order valence-corrected chi connectivity index (χ2v) is 16.7. The van der Waals surface area contributed by atoms with Crippen molar-refractivity contribution >= 4 is 13.7 Å². The molecule has 0 radical (unpaired) electrons. The zero-order valence-electron chi connectivity index (χ0n) is 34.7. The maximum absolute atomic E-state index is 12.8. The van der Waals surface area contributed by atoms with Gasteiger partial charge >= 0.3 is 7.82 Å². The maximum Gasteiger partial charge on any atom is 0.472 e. The molecule has 0 fully saturated rings. The summed E-state index contributed by atoms with van der Waals surface area (Å²) in [6, 6.07) is -0.868. The minimum absolute atomic E-state index is 0.0514. The van der Waals surface area contributed by atoms with Crippen LogP contribution in [0.2, 0.25) is 0 Å². The van der Waals surface area contributed by atoms with Gasteiger partial charge in [0, 0.05) is 6.42 Å². The van der Waals surface area contributed by atoms with Crippen molar-refractivity contribution in [1.29, 1.82) is 0 Å². The number of aliphatic hydroxyl groups is 1. The third-order valence-electron chi connectivity index (χ3n) is 8.96. The SMILES string of the molecule is CC/C=C\C/C=C\CCCCCCCCCCCCCCCCC(=O)NC(COP(=O)(O)OCC[N+](C)(C)C)C(O)/C=C/CC/C=C/CC/C=C/CC. The number of quaternary nitrogens is 1. The number of likely N-dealkylation sites (N-methyl/N-ethyl adjacent to an activating group) is 1. The molecular formula is C44H82N2O6P+. The van der Waals surface area contributed by atoms with Gasteiger partial charge in [-0.25, -0.2) is 4.57 Å². The number of carbonyl (C=O) groups excluding carboxylic acids is 1. The Hall–Kier alpha value is -1.80. The van der Waals surface area contributed by atoms with Gasteiger partial charge < -0.3 is 19.8 Å². The van der Waals surface area contributed by atoms with Crippen molar-refractivity contribution in [2.45, 2.75) is 174 Å². The lowest BCUT2D eigenvalue weighted by Crippen LogP contribution is -2.45. The Bertz CT molecular complexity index is 1050. The minimum atomic E-state index is -4.34. The molecule has 0 rings (SSSR count). The summed E-state index contributed by atoms with van der Waals surface area (Å²) in [5, 5.41) is 13.7. The lowest BCUT2D eigenvalue weighted by Gasteiger charge is -2.25. The smallest absolute Gasteiger partial charge is 0.387 e. The van der Waals surface area contributed by atoms with E-state index in [0.717, 1.165) is 64.2 Å². The Kier molecular flexibility index (Phi) is 34.7. The normalized spacial score (nSPS) is 15.1. The number of hydrogen-bond acceptors (Lipinski definition) is 5. The summed E-state index contributed by atoms with van der Waals surface area (Å²) in [4.78, 5) is 23.0. The van der Waals surface area contributed by atoms with E-state index >= 15 is 0 Å². The number of unbranched alkanes of at least 4 members (excludes halogenated alkanes) is 16. The monoisotopic (exact) mass is 766 g/mol. The molecule has 9 heteroatoms. The Morgan fingerprint density at radius 1 is 0.642 bits per heavy atom. The van der Waals surface area contributed by atoms with Crippen LogP contribution in [0.1, 0.15) is 162 Å². The van der Waals surface area contributed by atoms with Crippen LogP contribution in [0.3, 0.4) is 0 Å². The Morgan fingerprint density at radius 2 is 1.09 bits per heavy atom. The first-order valence-corrected chi connectivity index (χ1v) is 22.7. The van der Waals surface area contributed by atoms with E-state index in [0.29, 0.717) is 17.4 Å². The van der Waals surface area contributed by atoms with Crippen LogP contribution in [0.15, 0.2) is 60.8 Å². The topological polar surface area (TPSA) is 105 Å². The fourth-order valence-corrected chi connectivity index (χ4v) is 6.38. The predicted molar refractivity (Wildman–Crippen MR) is 226 cm³/mol. The lowest BCUT2D eigenvalue weighted by molar-refractivity contribution is -0.870.